The summed E-state index contributed by atoms with van der Waals surface area (Å²) in [5.41, 5.74) is 3.28. The van der Waals surface area contributed by atoms with E-state index in [1.165, 1.54) is 12.8 Å². The molecule has 3 rings (SSSR count). The summed E-state index contributed by atoms with van der Waals surface area (Å²) < 4.78 is 11.5. The van der Waals surface area contributed by atoms with Crippen LogP contribution in [0.2, 0.25) is 0 Å². The van der Waals surface area contributed by atoms with E-state index < -0.39 is 5.41 Å². The molecule has 1 aliphatic carbocycles. The average molecular weight is 367 g/mol. The fourth-order valence-corrected chi connectivity index (χ4v) is 4.19. The maximum Gasteiger partial charge on any atom is 0.323 e. The predicted molar refractivity (Wildman–Crippen MR) is 109 cm³/mol. The number of carbonyl (C=O) groups excluding carboxylic acids is 1. The number of fused-ring (bicyclic) bond motifs is 3. The van der Waals surface area contributed by atoms with E-state index in [9.17, 15) is 4.79 Å². The lowest BCUT2D eigenvalue weighted by Crippen LogP contribution is -2.41. The van der Waals surface area contributed by atoms with Gasteiger partial charge in [0.2, 0.25) is 0 Å². The number of ether oxygens (including phenoxy) is 2. The Kier molecular flexibility index (Phi) is 6.33. The number of unbranched alkanes of at least 4 members (excludes halogenated alkanes) is 1. The highest BCUT2D eigenvalue weighted by Gasteiger charge is 2.50. The number of benzene rings is 2. The standard InChI is InChI=1S/C24H30O3/c1-4-6-11-18(5-2)16-27-23(25)24(17-26-3)21-14-9-7-12-19(21)20-13-8-10-15-22(20)24/h7-10,12-15,18H,4-6,11,16-17H2,1-3H3. The minimum atomic E-state index is -0.884. The number of hydrogen-bond donors (Lipinski definition) is 0. The zero-order valence-electron chi connectivity index (χ0n) is 16.7. The second-order valence-corrected chi connectivity index (χ2v) is 7.44. The third-order valence-electron chi connectivity index (χ3n) is 5.77. The van der Waals surface area contributed by atoms with Gasteiger partial charge in [-0.2, -0.15) is 0 Å². The molecule has 3 heteroatoms. The van der Waals surface area contributed by atoms with Gasteiger partial charge in [-0.15, -0.1) is 0 Å². The molecule has 0 fully saturated rings. The lowest BCUT2D eigenvalue weighted by molar-refractivity contribution is -0.152. The summed E-state index contributed by atoms with van der Waals surface area (Å²) in [7, 11) is 1.65. The Morgan fingerprint density at radius 3 is 2.11 bits per heavy atom. The van der Waals surface area contributed by atoms with E-state index in [0.29, 0.717) is 12.5 Å². The lowest BCUT2D eigenvalue weighted by atomic mass is 9.79. The molecule has 1 unspecified atom stereocenters. The minimum absolute atomic E-state index is 0.198. The molecule has 2 aromatic carbocycles. The van der Waals surface area contributed by atoms with Gasteiger partial charge in [-0.3, -0.25) is 4.79 Å². The molecule has 0 amide bonds. The second-order valence-electron chi connectivity index (χ2n) is 7.44. The number of carbonyl (C=O) groups is 1. The number of esters is 1. The Morgan fingerprint density at radius 2 is 1.59 bits per heavy atom. The summed E-state index contributed by atoms with van der Waals surface area (Å²) >= 11 is 0. The number of hydrogen-bond acceptors (Lipinski definition) is 3. The third-order valence-corrected chi connectivity index (χ3v) is 5.77. The van der Waals surface area contributed by atoms with Gasteiger partial charge in [-0.25, -0.2) is 0 Å². The number of rotatable bonds is 9. The maximum atomic E-state index is 13.5. The maximum absolute atomic E-state index is 13.5. The molecule has 144 valence electrons. The van der Waals surface area contributed by atoms with Gasteiger partial charge in [-0.05, 0) is 34.6 Å². The van der Waals surface area contributed by atoms with Crippen molar-refractivity contribution in [3.8, 4) is 11.1 Å². The molecular weight excluding hydrogens is 336 g/mol. The fourth-order valence-electron chi connectivity index (χ4n) is 4.19. The Labute approximate surface area is 162 Å². The van der Waals surface area contributed by atoms with Crippen molar-refractivity contribution in [3.63, 3.8) is 0 Å². The first-order valence-electron chi connectivity index (χ1n) is 10.0. The molecule has 0 aromatic heterocycles. The number of methoxy groups -OCH3 is 1. The van der Waals surface area contributed by atoms with E-state index in [4.69, 9.17) is 9.47 Å². The summed E-state index contributed by atoms with van der Waals surface area (Å²) in [4.78, 5) is 13.5. The highest BCUT2D eigenvalue weighted by Crippen LogP contribution is 2.49. The molecule has 0 aliphatic heterocycles. The van der Waals surface area contributed by atoms with Gasteiger partial charge in [0.15, 0.2) is 0 Å². The molecule has 0 saturated carbocycles. The largest absolute Gasteiger partial charge is 0.464 e. The average Bonchev–Trinajstić information content (AvgIpc) is 3.00. The van der Waals surface area contributed by atoms with Gasteiger partial charge in [0.05, 0.1) is 13.2 Å². The predicted octanol–water partition coefficient (Wildman–Crippen LogP) is 5.36. The second kappa shape index (κ2) is 8.71. The van der Waals surface area contributed by atoms with E-state index in [1.807, 2.05) is 36.4 Å². The van der Waals surface area contributed by atoms with Crippen molar-refractivity contribution in [2.75, 3.05) is 20.3 Å². The third kappa shape index (κ3) is 3.53. The Balaban J connectivity index is 1.95. The summed E-state index contributed by atoms with van der Waals surface area (Å²) in [5, 5.41) is 0. The lowest BCUT2D eigenvalue weighted by Gasteiger charge is -2.29. The molecule has 0 radical (unpaired) electrons. The van der Waals surface area contributed by atoms with E-state index in [2.05, 4.69) is 26.0 Å². The molecule has 0 bridgehead atoms. The van der Waals surface area contributed by atoms with Crippen LogP contribution in [-0.2, 0) is 19.7 Å². The zero-order chi connectivity index (χ0) is 19.3. The van der Waals surface area contributed by atoms with Gasteiger partial charge in [0, 0.05) is 7.11 Å². The van der Waals surface area contributed by atoms with Crippen molar-refractivity contribution in [1.82, 2.24) is 0 Å². The SMILES string of the molecule is CCCCC(CC)COC(=O)C1(COC)c2ccccc2-c2ccccc21. The quantitative estimate of drug-likeness (QED) is 0.561. The van der Waals surface area contributed by atoms with E-state index in [-0.39, 0.29) is 12.6 Å². The first-order chi connectivity index (χ1) is 13.2. The van der Waals surface area contributed by atoms with Crippen LogP contribution in [0.4, 0.5) is 0 Å². The van der Waals surface area contributed by atoms with Crippen molar-refractivity contribution in [2.45, 2.75) is 44.9 Å². The van der Waals surface area contributed by atoms with Crippen molar-refractivity contribution >= 4 is 5.97 Å². The van der Waals surface area contributed by atoms with Gasteiger partial charge in [0.25, 0.3) is 0 Å². The van der Waals surface area contributed by atoms with Crippen molar-refractivity contribution < 1.29 is 14.3 Å². The monoisotopic (exact) mass is 366 g/mol. The topological polar surface area (TPSA) is 35.5 Å². The van der Waals surface area contributed by atoms with E-state index in [1.54, 1.807) is 7.11 Å². The van der Waals surface area contributed by atoms with Crippen LogP contribution in [0.3, 0.4) is 0 Å². The summed E-state index contributed by atoms with van der Waals surface area (Å²) in [5.74, 6) is 0.220. The molecule has 1 aliphatic rings. The molecule has 0 heterocycles. The van der Waals surface area contributed by atoms with Crippen LogP contribution < -0.4 is 0 Å². The molecular formula is C24H30O3. The van der Waals surface area contributed by atoms with Crippen molar-refractivity contribution in [3.05, 3.63) is 59.7 Å². The summed E-state index contributed by atoms with van der Waals surface area (Å²) in [6.07, 6.45) is 4.46. The van der Waals surface area contributed by atoms with Crippen LogP contribution in [0.5, 0.6) is 0 Å². The smallest absolute Gasteiger partial charge is 0.323 e. The van der Waals surface area contributed by atoms with E-state index >= 15 is 0 Å². The first kappa shape index (κ1) is 19.6. The van der Waals surface area contributed by atoms with Crippen LogP contribution in [0.25, 0.3) is 11.1 Å². The Bertz CT molecular complexity index is 735. The van der Waals surface area contributed by atoms with Crippen LogP contribution in [-0.4, -0.2) is 26.3 Å². The Morgan fingerprint density at radius 1 is 1.00 bits per heavy atom. The first-order valence-corrected chi connectivity index (χ1v) is 10.0. The molecule has 0 saturated heterocycles. The van der Waals surface area contributed by atoms with Gasteiger partial charge < -0.3 is 9.47 Å². The molecule has 0 N–H and O–H groups in total. The summed E-state index contributed by atoms with van der Waals surface area (Å²) in [6, 6.07) is 16.2. The van der Waals surface area contributed by atoms with Gasteiger partial charge >= 0.3 is 5.97 Å². The molecule has 27 heavy (non-hydrogen) atoms. The summed E-state index contributed by atoms with van der Waals surface area (Å²) in [6.45, 7) is 5.12. The van der Waals surface area contributed by atoms with Crippen molar-refractivity contribution in [1.29, 1.82) is 0 Å². The van der Waals surface area contributed by atoms with Crippen LogP contribution >= 0.6 is 0 Å². The minimum Gasteiger partial charge on any atom is -0.464 e. The zero-order valence-corrected chi connectivity index (χ0v) is 16.7. The van der Waals surface area contributed by atoms with Crippen molar-refractivity contribution in [2.24, 2.45) is 5.92 Å². The molecule has 1 atom stereocenters. The fraction of sp³-hybridized carbons (Fsp3) is 0.458. The molecule has 3 nitrogen and oxygen atoms in total. The highest BCUT2D eigenvalue weighted by atomic mass is 16.5. The molecule has 2 aromatic rings. The Hall–Kier alpha value is -2.13. The van der Waals surface area contributed by atoms with Gasteiger partial charge in [-0.1, -0.05) is 81.6 Å². The van der Waals surface area contributed by atoms with Gasteiger partial charge in [0.1, 0.15) is 5.41 Å². The van der Waals surface area contributed by atoms with Crippen LogP contribution in [0.1, 0.15) is 50.7 Å². The highest BCUT2D eigenvalue weighted by molar-refractivity contribution is 5.98. The van der Waals surface area contributed by atoms with Crippen LogP contribution in [0.15, 0.2) is 48.5 Å². The molecule has 0 spiro atoms. The van der Waals surface area contributed by atoms with Crippen LogP contribution in [0, 0.1) is 5.92 Å². The normalized spacial score (nSPS) is 15.1. The van der Waals surface area contributed by atoms with E-state index in [0.717, 1.165) is 35.1 Å².